The first-order valence-electron chi connectivity index (χ1n) is 12.1. The number of pyridine rings is 1. The molecule has 186 valence electrons. The molecule has 0 bridgehead atoms. The third-order valence-electron chi connectivity index (χ3n) is 6.20. The molecule has 1 saturated heterocycles. The second-order valence-electron chi connectivity index (χ2n) is 8.36. The normalized spacial score (nSPS) is 15.3. The molecule has 1 aliphatic heterocycles. The van der Waals surface area contributed by atoms with E-state index in [4.69, 9.17) is 26.1 Å². The van der Waals surface area contributed by atoms with Gasteiger partial charge in [0.05, 0.1) is 24.4 Å². The molecule has 1 aromatic carbocycles. The first-order chi connectivity index (χ1) is 17.0. The molecule has 0 saturated carbocycles. The van der Waals surface area contributed by atoms with Crippen molar-refractivity contribution in [2.45, 2.75) is 46.2 Å². The maximum absolute atomic E-state index is 13.6. The van der Waals surface area contributed by atoms with Gasteiger partial charge in [0.15, 0.2) is 0 Å². The van der Waals surface area contributed by atoms with E-state index in [-0.39, 0.29) is 11.6 Å². The minimum absolute atomic E-state index is 0.0869. The Morgan fingerprint density at radius 1 is 1.17 bits per heavy atom. The van der Waals surface area contributed by atoms with E-state index in [9.17, 15) is 4.79 Å². The summed E-state index contributed by atoms with van der Waals surface area (Å²) in [6.07, 6.45) is 3.28. The summed E-state index contributed by atoms with van der Waals surface area (Å²) in [5, 5.41) is 4.00. The fourth-order valence-electron chi connectivity index (χ4n) is 4.42. The van der Waals surface area contributed by atoms with Crippen LogP contribution in [-0.2, 0) is 13.0 Å². The maximum Gasteiger partial charge on any atom is 0.277 e. The minimum Gasteiger partial charge on any atom is -0.497 e. The molecule has 3 heterocycles. The number of aromatic nitrogens is 3. The largest absolute Gasteiger partial charge is 0.497 e. The second-order valence-corrected chi connectivity index (χ2v) is 8.77. The van der Waals surface area contributed by atoms with Crippen LogP contribution in [0.15, 0.2) is 41.3 Å². The Morgan fingerprint density at radius 3 is 2.69 bits per heavy atom. The number of halogens is 1. The van der Waals surface area contributed by atoms with Crippen LogP contribution in [0.2, 0.25) is 5.02 Å². The number of ether oxygens (including phenoxy) is 2. The fourth-order valence-corrected chi connectivity index (χ4v) is 4.68. The van der Waals surface area contributed by atoms with Crippen LogP contribution >= 0.6 is 11.6 Å². The van der Waals surface area contributed by atoms with Crippen LogP contribution in [-0.4, -0.2) is 47.4 Å². The number of benzene rings is 1. The van der Waals surface area contributed by atoms with Crippen molar-refractivity contribution in [1.82, 2.24) is 14.5 Å². The predicted octanol–water partition coefficient (Wildman–Crippen LogP) is 4.64. The third kappa shape index (κ3) is 5.22. The molecule has 4 rings (SSSR count). The molecule has 1 fully saturated rings. The summed E-state index contributed by atoms with van der Waals surface area (Å²) in [5.41, 5.74) is 1.92. The van der Waals surface area contributed by atoms with Crippen LogP contribution in [0.1, 0.15) is 32.9 Å². The van der Waals surface area contributed by atoms with Crippen molar-refractivity contribution in [3.05, 3.63) is 57.6 Å². The van der Waals surface area contributed by atoms with Gasteiger partial charge in [-0.1, -0.05) is 18.5 Å². The Bertz CT molecular complexity index is 1250. The first kappa shape index (κ1) is 24.9. The average molecular weight is 498 g/mol. The van der Waals surface area contributed by atoms with Gasteiger partial charge in [-0.3, -0.25) is 9.36 Å². The van der Waals surface area contributed by atoms with Gasteiger partial charge in [0.1, 0.15) is 28.8 Å². The highest BCUT2D eigenvalue weighted by Gasteiger charge is 2.26. The number of nitrogens with zero attached hydrogens (tertiary/aromatic N) is 4. The summed E-state index contributed by atoms with van der Waals surface area (Å²) in [6, 6.07) is 9.34. The van der Waals surface area contributed by atoms with Crippen molar-refractivity contribution >= 4 is 23.1 Å². The van der Waals surface area contributed by atoms with Gasteiger partial charge < -0.3 is 19.7 Å². The maximum atomic E-state index is 13.6. The van der Waals surface area contributed by atoms with E-state index in [1.54, 1.807) is 23.9 Å². The van der Waals surface area contributed by atoms with Crippen LogP contribution in [0.25, 0.3) is 11.4 Å². The van der Waals surface area contributed by atoms with Crippen LogP contribution in [0.3, 0.4) is 0 Å². The summed E-state index contributed by atoms with van der Waals surface area (Å²) < 4.78 is 12.6. The zero-order chi connectivity index (χ0) is 24.9. The minimum atomic E-state index is -0.0869. The molecule has 0 aliphatic carbocycles. The van der Waals surface area contributed by atoms with Gasteiger partial charge in [0.25, 0.3) is 5.56 Å². The quantitative estimate of drug-likeness (QED) is 0.461. The van der Waals surface area contributed by atoms with Gasteiger partial charge >= 0.3 is 0 Å². The van der Waals surface area contributed by atoms with Gasteiger partial charge in [-0.25, -0.2) is 9.97 Å². The Balaban J connectivity index is 1.61. The van der Waals surface area contributed by atoms with Crippen molar-refractivity contribution in [2.75, 3.05) is 37.0 Å². The molecule has 0 radical (unpaired) electrons. The molecule has 8 nitrogen and oxygen atoms in total. The van der Waals surface area contributed by atoms with E-state index in [1.807, 2.05) is 45.0 Å². The SMILES string of the molecule is CCOc1ccnc(N2CCC(Nc3c(CC)nc(-c4ccc(OC)cc4Cl)n(CC)c3=O)C2)c1. The van der Waals surface area contributed by atoms with Crippen molar-refractivity contribution in [1.29, 1.82) is 0 Å². The third-order valence-corrected chi connectivity index (χ3v) is 6.51. The molecule has 1 unspecified atom stereocenters. The van der Waals surface area contributed by atoms with Gasteiger partial charge in [0, 0.05) is 43.5 Å². The average Bonchev–Trinajstić information content (AvgIpc) is 3.34. The van der Waals surface area contributed by atoms with Crippen LogP contribution in [0.5, 0.6) is 11.5 Å². The number of nitrogens with one attached hydrogen (secondary N) is 1. The van der Waals surface area contributed by atoms with E-state index < -0.39 is 0 Å². The first-order valence-corrected chi connectivity index (χ1v) is 12.4. The van der Waals surface area contributed by atoms with E-state index in [0.717, 1.165) is 36.8 Å². The number of rotatable bonds is 9. The standard InChI is InChI=1S/C26H32ClN5O3/c1-5-22-24(29-17-11-13-31(16-17)23-15-19(35-7-3)10-12-28-23)26(33)32(6-2)25(30-22)20-9-8-18(34-4)14-21(20)27/h8-10,12,14-15,17,29H,5-7,11,13,16H2,1-4H3. The van der Waals surface area contributed by atoms with Crippen LogP contribution < -0.4 is 25.2 Å². The second kappa shape index (κ2) is 11.0. The van der Waals surface area contributed by atoms with E-state index in [2.05, 4.69) is 15.2 Å². The lowest BCUT2D eigenvalue weighted by Crippen LogP contribution is -2.33. The summed E-state index contributed by atoms with van der Waals surface area (Å²) >= 11 is 6.53. The van der Waals surface area contributed by atoms with Crippen LogP contribution in [0.4, 0.5) is 11.5 Å². The Morgan fingerprint density at radius 2 is 2.00 bits per heavy atom. The van der Waals surface area contributed by atoms with Gasteiger partial charge in [-0.2, -0.15) is 0 Å². The lowest BCUT2D eigenvalue weighted by atomic mass is 10.1. The van der Waals surface area contributed by atoms with Crippen molar-refractivity contribution in [3.63, 3.8) is 0 Å². The summed E-state index contributed by atoms with van der Waals surface area (Å²) in [4.78, 5) is 25.2. The Kier molecular flexibility index (Phi) is 7.80. The van der Waals surface area contributed by atoms with Crippen molar-refractivity contribution in [3.8, 4) is 22.9 Å². The lowest BCUT2D eigenvalue weighted by Gasteiger charge is -2.21. The van der Waals surface area contributed by atoms with Gasteiger partial charge in [0.2, 0.25) is 0 Å². The summed E-state index contributed by atoms with van der Waals surface area (Å²) in [7, 11) is 1.59. The number of anilines is 2. The molecule has 35 heavy (non-hydrogen) atoms. The molecule has 9 heteroatoms. The molecule has 0 spiro atoms. The van der Waals surface area contributed by atoms with E-state index >= 15 is 0 Å². The Hall–Kier alpha value is -3.26. The lowest BCUT2D eigenvalue weighted by molar-refractivity contribution is 0.340. The molecule has 0 amide bonds. The fraction of sp³-hybridized carbons (Fsp3) is 0.423. The number of hydrogen-bond donors (Lipinski definition) is 1. The molecular formula is C26H32ClN5O3. The molecular weight excluding hydrogens is 466 g/mol. The summed E-state index contributed by atoms with van der Waals surface area (Å²) in [5.74, 6) is 2.91. The number of hydrogen-bond acceptors (Lipinski definition) is 7. The zero-order valence-corrected chi connectivity index (χ0v) is 21.4. The summed E-state index contributed by atoms with van der Waals surface area (Å²) in [6.45, 7) is 8.59. The Labute approximate surface area is 210 Å². The highest BCUT2D eigenvalue weighted by Crippen LogP contribution is 2.31. The molecule has 1 N–H and O–H groups in total. The predicted molar refractivity (Wildman–Crippen MR) is 140 cm³/mol. The monoisotopic (exact) mass is 497 g/mol. The smallest absolute Gasteiger partial charge is 0.277 e. The molecule has 2 aromatic heterocycles. The number of aryl methyl sites for hydroxylation is 1. The highest BCUT2D eigenvalue weighted by molar-refractivity contribution is 6.33. The van der Waals surface area contributed by atoms with Crippen molar-refractivity contribution in [2.24, 2.45) is 0 Å². The topological polar surface area (TPSA) is 81.5 Å². The molecule has 1 atom stereocenters. The van der Waals surface area contributed by atoms with Gasteiger partial charge in [-0.05, 0) is 51.0 Å². The van der Waals surface area contributed by atoms with Gasteiger partial charge in [-0.15, -0.1) is 0 Å². The molecule has 3 aromatic rings. The molecule has 1 aliphatic rings. The van der Waals surface area contributed by atoms with E-state index in [1.165, 1.54) is 0 Å². The van der Waals surface area contributed by atoms with Crippen LogP contribution in [0, 0.1) is 0 Å². The van der Waals surface area contributed by atoms with Crippen molar-refractivity contribution < 1.29 is 9.47 Å². The zero-order valence-electron chi connectivity index (χ0n) is 20.7. The number of methoxy groups -OCH3 is 1. The van der Waals surface area contributed by atoms with E-state index in [0.29, 0.717) is 47.4 Å². The highest BCUT2D eigenvalue weighted by atomic mass is 35.5.